The van der Waals surface area contributed by atoms with Crippen LogP contribution in [0.2, 0.25) is 0 Å². The molecule has 0 heterocycles. The lowest BCUT2D eigenvalue weighted by molar-refractivity contribution is 0.857. The molecule has 0 fully saturated rings. The van der Waals surface area contributed by atoms with E-state index in [1.54, 1.807) is 0 Å². The fourth-order valence-electron chi connectivity index (χ4n) is 1.33. The third kappa shape index (κ3) is 8.28. The van der Waals surface area contributed by atoms with Gasteiger partial charge in [-0.1, -0.05) is 77.7 Å². The molecule has 1 aliphatic rings. The Morgan fingerprint density at radius 2 is 1.81 bits per heavy atom. The van der Waals surface area contributed by atoms with Crippen LogP contribution in [0, 0.1) is 5.92 Å². The molecule has 0 aromatic rings. The lowest BCUT2D eigenvalue weighted by Gasteiger charge is -2.10. The maximum Gasteiger partial charge on any atom is -0.00106 e. The minimum absolute atomic E-state index is 0.527. The van der Waals surface area contributed by atoms with Gasteiger partial charge in [0.2, 0.25) is 0 Å². The fraction of sp³-hybridized carbons (Fsp3) is 0.500. The van der Waals surface area contributed by atoms with Crippen LogP contribution < -0.4 is 0 Å². The number of rotatable bonds is 3. The highest BCUT2D eigenvalue weighted by molar-refractivity contribution is 5.27. The monoisotopic (exact) mass is 220 g/mol. The van der Waals surface area contributed by atoms with Crippen molar-refractivity contribution >= 4 is 0 Å². The largest absolute Gasteiger partial charge is 0.0991 e. The summed E-state index contributed by atoms with van der Waals surface area (Å²) in [7, 11) is 0. The summed E-state index contributed by atoms with van der Waals surface area (Å²) < 4.78 is 0. The van der Waals surface area contributed by atoms with Gasteiger partial charge in [0.15, 0.2) is 0 Å². The highest BCUT2D eigenvalue weighted by Gasteiger charge is 2.02. The Hall–Kier alpha value is -1.04. The minimum Gasteiger partial charge on any atom is -0.0991 e. The Bertz CT molecular complexity index is 228. The van der Waals surface area contributed by atoms with Crippen molar-refractivity contribution in [3.63, 3.8) is 0 Å². The molecule has 0 radical (unpaired) electrons. The van der Waals surface area contributed by atoms with E-state index in [2.05, 4.69) is 37.8 Å². The van der Waals surface area contributed by atoms with Gasteiger partial charge in [0.1, 0.15) is 0 Å². The van der Waals surface area contributed by atoms with Crippen molar-refractivity contribution in [3.05, 3.63) is 48.6 Å². The Balaban J connectivity index is 0. The molecule has 0 N–H and O–H groups in total. The van der Waals surface area contributed by atoms with Gasteiger partial charge in [0.05, 0.1) is 0 Å². The lowest BCUT2D eigenvalue weighted by Crippen LogP contribution is -1.95. The number of allylic oxidation sites excluding steroid dienone is 7. The SMILES string of the molecule is C=C/C=C\C(C)C1=CCCC=C1.CC.CC. The van der Waals surface area contributed by atoms with Gasteiger partial charge < -0.3 is 0 Å². The lowest BCUT2D eigenvalue weighted by atomic mass is 9.95. The maximum atomic E-state index is 3.65. The summed E-state index contributed by atoms with van der Waals surface area (Å²) in [6, 6.07) is 0. The van der Waals surface area contributed by atoms with E-state index in [-0.39, 0.29) is 0 Å². The molecule has 0 aromatic carbocycles. The molecule has 0 saturated heterocycles. The first-order valence-corrected chi connectivity index (χ1v) is 6.50. The predicted molar refractivity (Wildman–Crippen MR) is 77.7 cm³/mol. The molecule has 0 nitrogen and oxygen atoms in total. The van der Waals surface area contributed by atoms with Gasteiger partial charge in [-0.15, -0.1) is 0 Å². The maximum absolute atomic E-state index is 3.65. The summed E-state index contributed by atoms with van der Waals surface area (Å²) in [5, 5.41) is 0. The van der Waals surface area contributed by atoms with Gasteiger partial charge in [0, 0.05) is 0 Å². The molecule has 0 spiro atoms. The van der Waals surface area contributed by atoms with Crippen LogP contribution in [0.25, 0.3) is 0 Å². The van der Waals surface area contributed by atoms with Crippen LogP contribution in [-0.4, -0.2) is 0 Å². The molecule has 0 aliphatic heterocycles. The van der Waals surface area contributed by atoms with Gasteiger partial charge in [0.25, 0.3) is 0 Å². The van der Waals surface area contributed by atoms with Crippen LogP contribution >= 0.6 is 0 Å². The van der Waals surface area contributed by atoms with Crippen molar-refractivity contribution in [2.45, 2.75) is 47.5 Å². The van der Waals surface area contributed by atoms with Crippen molar-refractivity contribution in [2.24, 2.45) is 5.92 Å². The topological polar surface area (TPSA) is 0 Å². The zero-order chi connectivity index (χ0) is 12.8. The summed E-state index contributed by atoms with van der Waals surface area (Å²) in [5.74, 6) is 0.527. The molecular formula is C16H28. The molecule has 0 amide bonds. The van der Waals surface area contributed by atoms with E-state index >= 15 is 0 Å². The highest BCUT2D eigenvalue weighted by Crippen LogP contribution is 2.18. The normalized spacial score (nSPS) is 15.2. The first-order valence-electron chi connectivity index (χ1n) is 6.50. The van der Waals surface area contributed by atoms with Crippen LogP contribution in [0.15, 0.2) is 48.6 Å². The third-order valence-electron chi connectivity index (χ3n) is 2.09. The standard InChI is InChI=1S/C12H16.2C2H6/c1-3-4-8-11(2)12-9-6-5-7-10-12;2*1-2/h3-4,6,8-11H,1,5,7H2,2H3;2*1-2H3/b8-4-;;. The van der Waals surface area contributed by atoms with Gasteiger partial charge in [-0.3, -0.25) is 0 Å². The summed E-state index contributed by atoms with van der Waals surface area (Å²) >= 11 is 0. The first kappa shape index (κ1) is 17.4. The van der Waals surface area contributed by atoms with Crippen LogP contribution in [-0.2, 0) is 0 Å². The second-order valence-electron chi connectivity index (χ2n) is 3.09. The Labute approximate surface area is 102 Å². The van der Waals surface area contributed by atoms with Crippen molar-refractivity contribution in [1.82, 2.24) is 0 Å². The Morgan fingerprint density at radius 1 is 1.19 bits per heavy atom. The van der Waals surface area contributed by atoms with Gasteiger partial charge in [-0.05, 0) is 24.3 Å². The molecule has 1 unspecified atom stereocenters. The molecule has 0 heteroatoms. The average molecular weight is 220 g/mol. The van der Waals surface area contributed by atoms with E-state index in [0.29, 0.717) is 5.92 Å². The molecule has 1 rings (SSSR count). The molecular weight excluding hydrogens is 192 g/mol. The van der Waals surface area contributed by atoms with Gasteiger partial charge >= 0.3 is 0 Å². The molecule has 0 aromatic heterocycles. The molecule has 1 atom stereocenters. The smallest absolute Gasteiger partial charge is 0.00106 e. The van der Waals surface area contributed by atoms with Gasteiger partial charge in [-0.2, -0.15) is 0 Å². The Kier molecular flexibility index (Phi) is 15.1. The van der Waals surface area contributed by atoms with E-state index in [4.69, 9.17) is 0 Å². The Morgan fingerprint density at radius 3 is 2.25 bits per heavy atom. The van der Waals surface area contributed by atoms with E-state index in [0.717, 1.165) is 0 Å². The van der Waals surface area contributed by atoms with E-state index in [1.807, 2.05) is 39.8 Å². The van der Waals surface area contributed by atoms with E-state index in [1.165, 1.54) is 18.4 Å². The minimum atomic E-state index is 0.527. The zero-order valence-electron chi connectivity index (χ0n) is 11.7. The van der Waals surface area contributed by atoms with Crippen molar-refractivity contribution in [3.8, 4) is 0 Å². The van der Waals surface area contributed by atoms with Crippen LogP contribution in [0.3, 0.4) is 0 Å². The van der Waals surface area contributed by atoms with Gasteiger partial charge in [-0.25, -0.2) is 0 Å². The van der Waals surface area contributed by atoms with Crippen LogP contribution in [0.5, 0.6) is 0 Å². The molecule has 0 saturated carbocycles. The molecule has 0 bridgehead atoms. The number of hydrogen-bond donors (Lipinski definition) is 0. The zero-order valence-corrected chi connectivity index (χ0v) is 11.7. The highest BCUT2D eigenvalue weighted by atomic mass is 14.1. The summed E-state index contributed by atoms with van der Waals surface area (Å²) in [5.41, 5.74) is 1.43. The van der Waals surface area contributed by atoms with Crippen LogP contribution in [0.4, 0.5) is 0 Å². The second-order valence-corrected chi connectivity index (χ2v) is 3.09. The van der Waals surface area contributed by atoms with E-state index in [9.17, 15) is 0 Å². The summed E-state index contributed by atoms with van der Waals surface area (Å²) in [4.78, 5) is 0. The summed E-state index contributed by atoms with van der Waals surface area (Å²) in [6.07, 6.45) is 15.2. The molecule has 1 aliphatic carbocycles. The third-order valence-corrected chi connectivity index (χ3v) is 2.09. The average Bonchev–Trinajstić information content (AvgIpc) is 2.41. The van der Waals surface area contributed by atoms with Crippen molar-refractivity contribution in [1.29, 1.82) is 0 Å². The first-order chi connectivity index (χ1) is 7.84. The summed E-state index contributed by atoms with van der Waals surface area (Å²) in [6.45, 7) is 13.9. The van der Waals surface area contributed by atoms with E-state index < -0.39 is 0 Å². The molecule has 16 heavy (non-hydrogen) atoms. The van der Waals surface area contributed by atoms with Crippen molar-refractivity contribution in [2.75, 3.05) is 0 Å². The van der Waals surface area contributed by atoms with Crippen LogP contribution in [0.1, 0.15) is 47.5 Å². The van der Waals surface area contributed by atoms with Crippen molar-refractivity contribution < 1.29 is 0 Å². The second kappa shape index (κ2) is 14.0. The fourth-order valence-corrected chi connectivity index (χ4v) is 1.33. The predicted octanol–water partition coefficient (Wildman–Crippen LogP) is 5.69. The molecule has 92 valence electrons. The quantitative estimate of drug-likeness (QED) is 0.536. The number of hydrogen-bond acceptors (Lipinski definition) is 0.